The predicted octanol–water partition coefficient (Wildman–Crippen LogP) is 3.00. The maximum atomic E-state index is 12.2. The Morgan fingerprint density at radius 1 is 1.35 bits per heavy atom. The van der Waals surface area contributed by atoms with Crippen LogP contribution >= 0.6 is 0 Å². The Bertz CT molecular complexity index is 271. The summed E-state index contributed by atoms with van der Waals surface area (Å²) in [4.78, 5) is 22.4. The maximum absolute atomic E-state index is 12.2. The molecule has 4 heteroatoms. The van der Waals surface area contributed by atoms with Gasteiger partial charge in [-0.1, -0.05) is 27.2 Å². The van der Waals surface area contributed by atoms with Crippen LogP contribution in [0.1, 0.15) is 60.3 Å². The molecule has 0 spiro atoms. The number of hydrogen-bond acceptors (Lipinski definition) is 4. The fourth-order valence-corrected chi connectivity index (χ4v) is 1.78. The third-order valence-electron chi connectivity index (χ3n) is 3.48. The van der Waals surface area contributed by atoms with Crippen molar-refractivity contribution in [3.8, 4) is 0 Å². The molecule has 1 heterocycles. The van der Waals surface area contributed by atoms with Gasteiger partial charge in [0.25, 0.3) is 0 Å². The summed E-state index contributed by atoms with van der Waals surface area (Å²) in [5, 5.41) is 0. The SMILES string of the molecule is CCCC1OOC1(CC)C(=O)OC(C)(C)CC. The van der Waals surface area contributed by atoms with Gasteiger partial charge in [-0.25, -0.2) is 14.6 Å². The van der Waals surface area contributed by atoms with Crippen LogP contribution in [0.25, 0.3) is 0 Å². The summed E-state index contributed by atoms with van der Waals surface area (Å²) in [7, 11) is 0. The minimum atomic E-state index is -0.886. The summed E-state index contributed by atoms with van der Waals surface area (Å²) in [5.41, 5.74) is -1.34. The molecule has 0 radical (unpaired) electrons. The normalized spacial score (nSPS) is 28.6. The Morgan fingerprint density at radius 3 is 2.35 bits per heavy atom. The highest BCUT2D eigenvalue weighted by Crippen LogP contribution is 2.38. The Labute approximate surface area is 104 Å². The van der Waals surface area contributed by atoms with E-state index in [1.54, 1.807) is 0 Å². The molecule has 0 aromatic heterocycles. The lowest BCUT2D eigenvalue weighted by atomic mass is 9.88. The molecule has 0 bridgehead atoms. The number of hydrogen-bond donors (Lipinski definition) is 0. The van der Waals surface area contributed by atoms with E-state index in [4.69, 9.17) is 14.5 Å². The van der Waals surface area contributed by atoms with Crippen molar-refractivity contribution in [3.05, 3.63) is 0 Å². The van der Waals surface area contributed by atoms with Crippen LogP contribution in [0.3, 0.4) is 0 Å². The van der Waals surface area contributed by atoms with Gasteiger partial charge < -0.3 is 4.74 Å². The Balaban J connectivity index is 2.71. The molecule has 1 aliphatic rings. The third kappa shape index (κ3) is 2.80. The van der Waals surface area contributed by atoms with Gasteiger partial charge in [-0.3, -0.25) is 0 Å². The quantitative estimate of drug-likeness (QED) is 0.532. The molecular weight excluding hydrogens is 220 g/mol. The van der Waals surface area contributed by atoms with Crippen LogP contribution in [-0.4, -0.2) is 23.3 Å². The minimum absolute atomic E-state index is 0.169. The van der Waals surface area contributed by atoms with Crippen molar-refractivity contribution in [2.75, 3.05) is 0 Å². The molecule has 0 aromatic carbocycles. The average molecular weight is 244 g/mol. The lowest BCUT2D eigenvalue weighted by Crippen LogP contribution is -2.62. The second-order valence-corrected chi connectivity index (χ2v) is 5.20. The van der Waals surface area contributed by atoms with Crippen molar-refractivity contribution in [1.82, 2.24) is 0 Å². The number of ether oxygens (including phenoxy) is 1. The standard InChI is InChI=1S/C13H24O4/c1-6-9-10-13(8-3,17-16-10)11(14)15-12(4,5)7-2/h10H,6-9H2,1-5H3. The summed E-state index contributed by atoms with van der Waals surface area (Å²) in [6.07, 6.45) is 2.96. The first-order valence-electron chi connectivity index (χ1n) is 6.49. The van der Waals surface area contributed by atoms with Crippen LogP contribution in [0.4, 0.5) is 0 Å². The fraction of sp³-hybridized carbons (Fsp3) is 0.923. The molecule has 4 nitrogen and oxygen atoms in total. The second-order valence-electron chi connectivity index (χ2n) is 5.20. The van der Waals surface area contributed by atoms with Gasteiger partial charge in [0.2, 0.25) is 5.60 Å². The molecule has 0 saturated carbocycles. The molecule has 2 unspecified atom stereocenters. The first-order chi connectivity index (χ1) is 7.91. The first kappa shape index (κ1) is 14.5. The van der Waals surface area contributed by atoms with Gasteiger partial charge in [0, 0.05) is 0 Å². The monoisotopic (exact) mass is 244 g/mol. The number of carbonyl (C=O) groups is 1. The van der Waals surface area contributed by atoms with E-state index in [9.17, 15) is 4.79 Å². The van der Waals surface area contributed by atoms with Gasteiger partial charge in [0.1, 0.15) is 11.7 Å². The van der Waals surface area contributed by atoms with Crippen LogP contribution in [0.5, 0.6) is 0 Å². The van der Waals surface area contributed by atoms with Crippen LogP contribution < -0.4 is 0 Å². The van der Waals surface area contributed by atoms with E-state index in [-0.39, 0.29) is 12.1 Å². The van der Waals surface area contributed by atoms with Gasteiger partial charge in [-0.2, -0.15) is 0 Å². The van der Waals surface area contributed by atoms with Gasteiger partial charge in [-0.15, -0.1) is 0 Å². The van der Waals surface area contributed by atoms with E-state index in [1.807, 2.05) is 27.7 Å². The lowest BCUT2D eigenvalue weighted by molar-refractivity contribution is -0.499. The molecule has 17 heavy (non-hydrogen) atoms. The maximum Gasteiger partial charge on any atom is 0.345 e. The third-order valence-corrected chi connectivity index (χ3v) is 3.48. The zero-order chi connectivity index (χ0) is 13.1. The molecule has 0 aromatic rings. The van der Waals surface area contributed by atoms with Crippen LogP contribution in [0.15, 0.2) is 0 Å². The Morgan fingerprint density at radius 2 is 2.00 bits per heavy atom. The van der Waals surface area contributed by atoms with Gasteiger partial charge >= 0.3 is 5.97 Å². The molecule has 1 saturated heterocycles. The molecule has 0 aliphatic carbocycles. The summed E-state index contributed by atoms with van der Waals surface area (Å²) in [5.74, 6) is -0.295. The van der Waals surface area contributed by atoms with Crippen molar-refractivity contribution in [2.45, 2.75) is 77.6 Å². The number of carbonyl (C=O) groups excluding carboxylic acids is 1. The van der Waals surface area contributed by atoms with Crippen molar-refractivity contribution in [3.63, 3.8) is 0 Å². The zero-order valence-electron chi connectivity index (χ0n) is 11.5. The molecule has 1 rings (SSSR count). The minimum Gasteiger partial charge on any atom is -0.457 e. The molecule has 100 valence electrons. The Kier molecular flexibility index (Phi) is 4.55. The summed E-state index contributed by atoms with van der Waals surface area (Å²) >= 11 is 0. The Hall–Kier alpha value is -0.610. The second kappa shape index (κ2) is 5.36. The average Bonchev–Trinajstić information content (AvgIpc) is 2.25. The van der Waals surface area contributed by atoms with Crippen molar-refractivity contribution < 1.29 is 19.3 Å². The highest BCUT2D eigenvalue weighted by molar-refractivity contribution is 5.81. The summed E-state index contributed by atoms with van der Waals surface area (Å²) < 4.78 is 5.52. The van der Waals surface area contributed by atoms with Crippen molar-refractivity contribution >= 4 is 5.97 Å². The molecule has 1 aliphatic heterocycles. The number of rotatable bonds is 6. The van der Waals surface area contributed by atoms with E-state index >= 15 is 0 Å². The smallest absolute Gasteiger partial charge is 0.345 e. The molecule has 2 atom stereocenters. The largest absolute Gasteiger partial charge is 0.457 e. The predicted molar refractivity (Wildman–Crippen MR) is 64.4 cm³/mol. The van der Waals surface area contributed by atoms with Gasteiger partial charge in [0.15, 0.2) is 0 Å². The van der Waals surface area contributed by atoms with Crippen molar-refractivity contribution in [1.29, 1.82) is 0 Å². The molecular formula is C13H24O4. The summed E-state index contributed by atoms with van der Waals surface area (Å²) in [6, 6.07) is 0. The molecule has 0 amide bonds. The highest BCUT2D eigenvalue weighted by Gasteiger charge is 2.58. The van der Waals surface area contributed by atoms with Crippen LogP contribution in [0, 0.1) is 0 Å². The van der Waals surface area contributed by atoms with E-state index in [1.165, 1.54) is 0 Å². The van der Waals surface area contributed by atoms with E-state index in [0.29, 0.717) is 6.42 Å². The van der Waals surface area contributed by atoms with Crippen LogP contribution in [-0.2, 0) is 19.3 Å². The van der Waals surface area contributed by atoms with Crippen LogP contribution in [0.2, 0.25) is 0 Å². The van der Waals surface area contributed by atoms with Gasteiger partial charge in [-0.05, 0) is 33.1 Å². The van der Waals surface area contributed by atoms with Gasteiger partial charge in [0.05, 0.1) is 0 Å². The van der Waals surface area contributed by atoms with E-state index in [2.05, 4.69) is 6.92 Å². The van der Waals surface area contributed by atoms with Crippen molar-refractivity contribution in [2.24, 2.45) is 0 Å². The summed E-state index contributed by atoms with van der Waals surface area (Å²) in [6.45, 7) is 9.79. The fourth-order valence-electron chi connectivity index (χ4n) is 1.78. The highest BCUT2D eigenvalue weighted by atomic mass is 17.3. The zero-order valence-corrected chi connectivity index (χ0v) is 11.5. The number of esters is 1. The molecule has 1 fully saturated rings. The van der Waals surface area contributed by atoms with E-state index < -0.39 is 11.2 Å². The lowest BCUT2D eigenvalue weighted by Gasteiger charge is -2.45. The topological polar surface area (TPSA) is 44.8 Å². The molecule has 0 N–H and O–H groups in total. The first-order valence-corrected chi connectivity index (χ1v) is 6.49. The van der Waals surface area contributed by atoms with E-state index in [0.717, 1.165) is 19.3 Å².